The van der Waals surface area contributed by atoms with Gasteiger partial charge < -0.3 is 10.8 Å². The van der Waals surface area contributed by atoms with Crippen molar-refractivity contribution in [2.24, 2.45) is 5.73 Å². The number of phenolic OH excluding ortho intramolecular Hbond substituents is 1. The van der Waals surface area contributed by atoms with Crippen molar-refractivity contribution in [2.75, 3.05) is 13.1 Å². The molecule has 0 saturated carbocycles. The largest absolute Gasteiger partial charge is 0.508 e. The van der Waals surface area contributed by atoms with E-state index in [2.05, 4.69) is 11.8 Å². The van der Waals surface area contributed by atoms with E-state index in [4.69, 9.17) is 18.0 Å². The lowest BCUT2D eigenvalue weighted by molar-refractivity contribution is 0.288. The third-order valence-corrected chi connectivity index (χ3v) is 2.67. The Morgan fingerprint density at radius 2 is 2.00 bits per heavy atom. The molecular formula is C12H18N2OS. The third kappa shape index (κ3) is 4.59. The molecule has 3 N–H and O–H groups in total. The summed E-state index contributed by atoms with van der Waals surface area (Å²) in [5, 5.41) is 9.18. The number of rotatable bonds is 6. The maximum atomic E-state index is 9.18. The van der Waals surface area contributed by atoms with Crippen LogP contribution in [0.3, 0.4) is 0 Å². The number of nitrogens with two attached hydrogens (primary N) is 1. The van der Waals surface area contributed by atoms with Crippen LogP contribution in [0.1, 0.15) is 18.9 Å². The van der Waals surface area contributed by atoms with Crippen molar-refractivity contribution in [3.05, 3.63) is 29.8 Å². The zero-order chi connectivity index (χ0) is 12.0. The Morgan fingerprint density at radius 1 is 1.38 bits per heavy atom. The summed E-state index contributed by atoms with van der Waals surface area (Å²) in [4.78, 5) is 2.83. The predicted molar refractivity (Wildman–Crippen MR) is 70.5 cm³/mol. The van der Waals surface area contributed by atoms with Gasteiger partial charge in [0.05, 0.1) is 4.99 Å². The average molecular weight is 238 g/mol. The minimum absolute atomic E-state index is 0.301. The zero-order valence-electron chi connectivity index (χ0n) is 9.52. The first-order chi connectivity index (χ1) is 7.61. The predicted octanol–water partition coefficient (Wildman–Crippen LogP) is 1.89. The van der Waals surface area contributed by atoms with Crippen LogP contribution in [0.4, 0.5) is 0 Å². The van der Waals surface area contributed by atoms with Gasteiger partial charge in [-0.1, -0.05) is 31.3 Å². The third-order valence-electron chi connectivity index (χ3n) is 2.46. The molecule has 0 amide bonds. The quantitative estimate of drug-likeness (QED) is 0.743. The van der Waals surface area contributed by atoms with Gasteiger partial charge in [-0.15, -0.1) is 0 Å². The van der Waals surface area contributed by atoms with Crippen LogP contribution >= 0.6 is 12.2 Å². The molecule has 1 rings (SSSR count). The van der Waals surface area contributed by atoms with Gasteiger partial charge in [0.15, 0.2) is 0 Å². The maximum absolute atomic E-state index is 9.18. The molecule has 16 heavy (non-hydrogen) atoms. The number of phenols is 1. The van der Waals surface area contributed by atoms with E-state index in [1.54, 1.807) is 12.1 Å². The Morgan fingerprint density at radius 3 is 2.50 bits per heavy atom. The topological polar surface area (TPSA) is 49.5 Å². The van der Waals surface area contributed by atoms with Crippen LogP contribution in [-0.2, 0) is 6.54 Å². The molecule has 88 valence electrons. The molecule has 0 saturated heterocycles. The summed E-state index contributed by atoms with van der Waals surface area (Å²) in [6.07, 6.45) is 0.751. The molecule has 0 unspecified atom stereocenters. The standard InChI is InChI=1S/C12H18N2OS/c1-2-14(8-7-12(13)16)9-10-3-5-11(15)6-4-10/h3-6,15H,2,7-9H2,1H3,(H2,13,16). The van der Waals surface area contributed by atoms with Gasteiger partial charge in [-0.2, -0.15) is 0 Å². The molecule has 0 heterocycles. The summed E-state index contributed by atoms with van der Waals surface area (Å²) >= 11 is 4.86. The molecule has 0 bridgehead atoms. The molecule has 0 aliphatic carbocycles. The molecule has 3 nitrogen and oxygen atoms in total. The van der Waals surface area contributed by atoms with Crippen molar-refractivity contribution >= 4 is 17.2 Å². The molecule has 0 fully saturated rings. The van der Waals surface area contributed by atoms with Crippen LogP contribution in [0.15, 0.2) is 24.3 Å². The average Bonchev–Trinajstić information content (AvgIpc) is 2.26. The van der Waals surface area contributed by atoms with Gasteiger partial charge in [-0.3, -0.25) is 4.90 Å². The minimum Gasteiger partial charge on any atom is -0.508 e. The van der Waals surface area contributed by atoms with Crippen molar-refractivity contribution in [2.45, 2.75) is 19.9 Å². The lowest BCUT2D eigenvalue weighted by Gasteiger charge is -2.20. The van der Waals surface area contributed by atoms with Crippen molar-refractivity contribution in [1.82, 2.24) is 4.90 Å². The molecule has 0 atom stereocenters. The Balaban J connectivity index is 2.49. The molecule has 1 aromatic carbocycles. The van der Waals surface area contributed by atoms with E-state index < -0.39 is 0 Å². The zero-order valence-corrected chi connectivity index (χ0v) is 10.3. The van der Waals surface area contributed by atoms with Gasteiger partial charge in [-0.05, 0) is 24.2 Å². The second kappa shape index (κ2) is 6.45. The second-order valence-electron chi connectivity index (χ2n) is 3.75. The van der Waals surface area contributed by atoms with Gasteiger partial charge in [0.2, 0.25) is 0 Å². The highest BCUT2D eigenvalue weighted by Gasteiger charge is 2.04. The van der Waals surface area contributed by atoms with E-state index in [-0.39, 0.29) is 0 Å². The number of thiocarbonyl (C=S) groups is 1. The highest BCUT2D eigenvalue weighted by Crippen LogP contribution is 2.11. The lowest BCUT2D eigenvalue weighted by Crippen LogP contribution is -2.27. The number of hydrogen-bond acceptors (Lipinski definition) is 3. The smallest absolute Gasteiger partial charge is 0.115 e. The Labute approximate surface area is 102 Å². The normalized spacial score (nSPS) is 10.6. The van der Waals surface area contributed by atoms with Crippen molar-refractivity contribution in [3.63, 3.8) is 0 Å². The highest BCUT2D eigenvalue weighted by atomic mass is 32.1. The maximum Gasteiger partial charge on any atom is 0.115 e. The van der Waals surface area contributed by atoms with Gasteiger partial charge in [0.1, 0.15) is 5.75 Å². The summed E-state index contributed by atoms with van der Waals surface area (Å²) < 4.78 is 0. The fourth-order valence-electron chi connectivity index (χ4n) is 1.48. The molecule has 4 heteroatoms. The van der Waals surface area contributed by atoms with E-state index in [0.717, 1.165) is 26.1 Å². The SMILES string of the molecule is CCN(CCC(N)=S)Cc1ccc(O)cc1. The summed E-state index contributed by atoms with van der Waals surface area (Å²) in [6.45, 7) is 4.82. The van der Waals surface area contributed by atoms with E-state index in [1.165, 1.54) is 5.56 Å². The number of benzene rings is 1. The number of hydrogen-bond donors (Lipinski definition) is 2. The van der Waals surface area contributed by atoms with Gasteiger partial charge in [0, 0.05) is 19.5 Å². The van der Waals surface area contributed by atoms with Crippen LogP contribution in [0.5, 0.6) is 5.75 Å². The summed E-state index contributed by atoms with van der Waals surface area (Å²) in [5.41, 5.74) is 6.66. The molecule has 0 aliphatic rings. The monoisotopic (exact) mass is 238 g/mol. The highest BCUT2D eigenvalue weighted by molar-refractivity contribution is 7.80. The number of nitrogens with zero attached hydrogens (tertiary/aromatic N) is 1. The first kappa shape index (κ1) is 12.9. The van der Waals surface area contributed by atoms with Crippen LogP contribution < -0.4 is 5.73 Å². The first-order valence-corrected chi connectivity index (χ1v) is 5.81. The van der Waals surface area contributed by atoms with E-state index >= 15 is 0 Å². The van der Waals surface area contributed by atoms with Crippen molar-refractivity contribution in [3.8, 4) is 5.75 Å². The van der Waals surface area contributed by atoms with Crippen molar-refractivity contribution in [1.29, 1.82) is 0 Å². The van der Waals surface area contributed by atoms with Crippen molar-refractivity contribution < 1.29 is 5.11 Å². The molecule has 0 aliphatic heterocycles. The molecule has 0 aromatic heterocycles. The summed E-state index contributed by atoms with van der Waals surface area (Å²) in [5.74, 6) is 0.301. The molecule has 1 aromatic rings. The summed E-state index contributed by atoms with van der Waals surface area (Å²) in [7, 11) is 0. The Bertz CT molecular complexity index is 337. The first-order valence-electron chi connectivity index (χ1n) is 5.40. The fourth-order valence-corrected chi connectivity index (χ4v) is 1.57. The Kier molecular flexibility index (Phi) is 5.22. The van der Waals surface area contributed by atoms with Crippen LogP contribution in [-0.4, -0.2) is 28.1 Å². The number of aromatic hydroxyl groups is 1. The second-order valence-corrected chi connectivity index (χ2v) is 4.28. The fraction of sp³-hybridized carbons (Fsp3) is 0.417. The summed E-state index contributed by atoms with van der Waals surface area (Å²) in [6, 6.07) is 7.27. The minimum atomic E-state index is 0.301. The van der Waals surface area contributed by atoms with Gasteiger partial charge >= 0.3 is 0 Å². The molecular weight excluding hydrogens is 220 g/mol. The van der Waals surface area contributed by atoms with Crippen LogP contribution in [0.2, 0.25) is 0 Å². The lowest BCUT2D eigenvalue weighted by atomic mass is 10.2. The van der Waals surface area contributed by atoms with Gasteiger partial charge in [0.25, 0.3) is 0 Å². The van der Waals surface area contributed by atoms with E-state index in [1.807, 2.05) is 12.1 Å². The van der Waals surface area contributed by atoms with E-state index in [0.29, 0.717) is 10.7 Å². The molecule has 0 spiro atoms. The van der Waals surface area contributed by atoms with Crippen LogP contribution in [0.25, 0.3) is 0 Å². The van der Waals surface area contributed by atoms with E-state index in [9.17, 15) is 5.11 Å². The molecule has 0 radical (unpaired) electrons. The van der Waals surface area contributed by atoms with Crippen LogP contribution in [0, 0.1) is 0 Å². The van der Waals surface area contributed by atoms with Gasteiger partial charge in [-0.25, -0.2) is 0 Å². The Hall–Kier alpha value is -1.13.